The molecule has 1 unspecified atom stereocenters. The molecule has 0 spiro atoms. The molecule has 0 aromatic heterocycles. The van der Waals surface area contributed by atoms with Crippen LogP contribution in [0.4, 0.5) is 0 Å². The first-order valence-electron chi connectivity index (χ1n) is 5.35. The molecule has 0 saturated heterocycles. The number of allylic oxidation sites excluding steroid dienone is 2. The molecule has 0 bridgehead atoms. The van der Waals surface area contributed by atoms with Crippen LogP contribution in [-0.4, -0.2) is 12.3 Å². The summed E-state index contributed by atoms with van der Waals surface area (Å²) < 4.78 is 0. The van der Waals surface area contributed by atoms with E-state index in [1.807, 2.05) is 31.2 Å². The van der Waals surface area contributed by atoms with Crippen LogP contribution < -0.4 is 5.32 Å². The average Bonchev–Trinajstić information content (AvgIpc) is 2.41. The molecule has 0 radical (unpaired) electrons. The van der Waals surface area contributed by atoms with Gasteiger partial charge in [-0.25, -0.2) is 0 Å². The van der Waals surface area contributed by atoms with Crippen molar-refractivity contribution in [1.82, 2.24) is 5.32 Å². The summed E-state index contributed by atoms with van der Waals surface area (Å²) in [6.07, 6.45) is 2.24. The van der Waals surface area contributed by atoms with Crippen molar-refractivity contribution in [2.24, 2.45) is 0 Å². The second-order valence-corrected chi connectivity index (χ2v) is 4.56. The number of hydrogen-bond acceptors (Lipinski definition) is 2. The lowest BCUT2D eigenvalue weighted by Crippen LogP contribution is -2.18. The average molecular weight is 236 g/mol. The molecule has 1 N–H and O–H groups in total. The van der Waals surface area contributed by atoms with Crippen molar-refractivity contribution in [2.45, 2.75) is 19.3 Å². The lowest BCUT2D eigenvalue weighted by atomic mass is 9.94. The number of hydrogen-bond donors (Lipinski definition) is 1. The number of benzene rings is 1. The molecule has 1 aliphatic heterocycles. The molecule has 0 saturated carbocycles. The molecular weight excluding hydrogens is 222 g/mol. The largest absolute Gasteiger partial charge is 0.388 e. The van der Waals surface area contributed by atoms with Crippen LogP contribution in [0.2, 0.25) is 5.02 Å². The first-order valence-corrected chi connectivity index (χ1v) is 5.73. The number of nitrogens with one attached hydrogen (secondary N) is 1. The summed E-state index contributed by atoms with van der Waals surface area (Å²) in [5.74, 6) is 0.418. The second-order valence-electron chi connectivity index (χ2n) is 4.13. The van der Waals surface area contributed by atoms with Gasteiger partial charge < -0.3 is 5.32 Å². The molecule has 1 aromatic rings. The van der Waals surface area contributed by atoms with E-state index in [0.717, 1.165) is 22.8 Å². The van der Waals surface area contributed by atoms with Crippen molar-refractivity contribution < 1.29 is 4.79 Å². The van der Waals surface area contributed by atoms with Crippen molar-refractivity contribution in [3.8, 4) is 0 Å². The molecule has 0 fully saturated rings. The number of halogens is 1. The highest BCUT2D eigenvalue weighted by Crippen LogP contribution is 2.23. The number of carbonyl (C=O) groups is 1. The fourth-order valence-corrected chi connectivity index (χ4v) is 2.05. The predicted octanol–water partition coefficient (Wildman–Crippen LogP) is 2.89. The Balaban J connectivity index is 2.17. The van der Waals surface area contributed by atoms with Gasteiger partial charge in [-0.05, 0) is 30.7 Å². The van der Waals surface area contributed by atoms with Gasteiger partial charge in [0.1, 0.15) is 0 Å². The Kier molecular flexibility index (Phi) is 3.30. The van der Waals surface area contributed by atoms with Crippen molar-refractivity contribution in [2.75, 3.05) is 6.54 Å². The van der Waals surface area contributed by atoms with Gasteiger partial charge in [0.2, 0.25) is 0 Å². The highest BCUT2D eigenvalue weighted by molar-refractivity contribution is 6.30. The molecule has 0 aliphatic carbocycles. The lowest BCUT2D eigenvalue weighted by Gasteiger charge is -2.14. The molecule has 3 heteroatoms. The Hall–Kier alpha value is -1.28. The third-order valence-corrected chi connectivity index (χ3v) is 3.05. The Labute approximate surface area is 100 Å². The van der Waals surface area contributed by atoms with E-state index in [9.17, 15) is 4.79 Å². The summed E-state index contributed by atoms with van der Waals surface area (Å²) >= 11 is 5.84. The van der Waals surface area contributed by atoms with E-state index in [0.29, 0.717) is 6.42 Å². The zero-order chi connectivity index (χ0) is 11.5. The third kappa shape index (κ3) is 2.64. The minimum Gasteiger partial charge on any atom is -0.388 e. The zero-order valence-corrected chi connectivity index (χ0v) is 9.92. The SMILES string of the molecule is CC1=CC(=O)CC(c2ccc(Cl)cc2)CN1. The first-order chi connectivity index (χ1) is 7.65. The van der Waals surface area contributed by atoms with Gasteiger partial charge in [-0.1, -0.05) is 23.7 Å². The van der Waals surface area contributed by atoms with Gasteiger partial charge in [0.15, 0.2) is 5.78 Å². The molecule has 1 heterocycles. The highest BCUT2D eigenvalue weighted by atomic mass is 35.5. The van der Waals surface area contributed by atoms with Gasteiger partial charge in [0, 0.05) is 29.6 Å². The van der Waals surface area contributed by atoms with E-state index < -0.39 is 0 Å². The maximum atomic E-state index is 11.6. The Bertz CT molecular complexity index is 422. The zero-order valence-electron chi connectivity index (χ0n) is 9.16. The van der Waals surface area contributed by atoms with Crippen molar-refractivity contribution in [3.05, 3.63) is 46.6 Å². The van der Waals surface area contributed by atoms with Crippen LogP contribution in [0.25, 0.3) is 0 Å². The van der Waals surface area contributed by atoms with E-state index in [1.165, 1.54) is 0 Å². The van der Waals surface area contributed by atoms with Crippen LogP contribution in [0, 0.1) is 0 Å². The molecule has 1 aliphatic rings. The summed E-state index contributed by atoms with van der Waals surface area (Å²) in [6, 6.07) is 7.71. The Morgan fingerprint density at radius 1 is 1.31 bits per heavy atom. The van der Waals surface area contributed by atoms with Crippen LogP contribution >= 0.6 is 11.6 Å². The van der Waals surface area contributed by atoms with Crippen molar-refractivity contribution in [1.29, 1.82) is 0 Å². The maximum Gasteiger partial charge on any atom is 0.158 e. The Morgan fingerprint density at radius 3 is 2.69 bits per heavy atom. The number of ketones is 1. The minimum atomic E-state index is 0.183. The normalized spacial score (nSPS) is 21.0. The monoisotopic (exact) mass is 235 g/mol. The quantitative estimate of drug-likeness (QED) is 0.811. The third-order valence-electron chi connectivity index (χ3n) is 2.79. The summed E-state index contributed by atoms with van der Waals surface area (Å²) in [7, 11) is 0. The lowest BCUT2D eigenvalue weighted by molar-refractivity contribution is -0.114. The Morgan fingerprint density at radius 2 is 2.00 bits per heavy atom. The van der Waals surface area contributed by atoms with Crippen LogP contribution in [-0.2, 0) is 4.79 Å². The minimum absolute atomic E-state index is 0.183. The van der Waals surface area contributed by atoms with Crippen LogP contribution in [0.5, 0.6) is 0 Å². The molecule has 1 aromatic carbocycles. The highest BCUT2D eigenvalue weighted by Gasteiger charge is 2.17. The maximum absolute atomic E-state index is 11.6. The summed E-state index contributed by atoms with van der Waals surface area (Å²) in [5, 5.41) is 3.97. The van der Waals surface area contributed by atoms with Gasteiger partial charge in [0.05, 0.1) is 0 Å². The van der Waals surface area contributed by atoms with E-state index in [2.05, 4.69) is 5.32 Å². The molecule has 16 heavy (non-hydrogen) atoms. The summed E-state index contributed by atoms with van der Waals surface area (Å²) in [5.41, 5.74) is 2.11. The van der Waals surface area contributed by atoms with E-state index in [4.69, 9.17) is 11.6 Å². The molecule has 0 amide bonds. The van der Waals surface area contributed by atoms with Gasteiger partial charge >= 0.3 is 0 Å². The topological polar surface area (TPSA) is 29.1 Å². The molecule has 2 rings (SSSR count). The van der Waals surface area contributed by atoms with Crippen molar-refractivity contribution >= 4 is 17.4 Å². The van der Waals surface area contributed by atoms with Gasteiger partial charge in [-0.2, -0.15) is 0 Å². The second kappa shape index (κ2) is 4.71. The van der Waals surface area contributed by atoms with E-state index >= 15 is 0 Å². The molecule has 84 valence electrons. The molecular formula is C13H14ClNO. The van der Waals surface area contributed by atoms with E-state index in [-0.39, 0.29) is 11.7 Å². The fraction of sp³-hybridized carbons (Fsp3) is 0.308. The van der Waals surface area contributed by atoms with E-state index in [1.54, 1.807) is 6.08 Å². The van der Waals surface area contributed by atoms with Gasteiger partial charge in [-0.15, -0.1) is 0 Å². The van der Waals surface area contributed by atoms with Crippen LogP contribution in [0.3, 0.4) is 0 Å². The standard InChI is InChI=1S/C13H14ClNO/c1-9-6-13(16)7-11(8-15-9)10-2-4-12(14)5-3-10/h2-6,11,15H,7-8H2,1H3. The number of carbonyl (C=O) groups excluding carboxylic acids is 1. The smallest absolute Gasteiger partial charge is 0.158 e. The first kappa shape index (κ1) is 11.2. The fourth-order valence-electron chi connectivity index (χ4n) is 1.92. The molecule has 2 nitrogen and oxygen atoms in total. The van der Waals surface area contributed by atoms with Gasteiger partial charge in [0.25, 0.3) is 0 Å². The summed E-state index contributed by atoms with van der Waals surface area (Å²) in [4.78, 5) is 11.6. The summed E-state index contributed by atoms with van der Waals surface area (Å²) in [6.45, 7) is 2.72. The van der Waals surface area contributed by atoms with Crippen molar-refractivity contribution in [3.63, 3.8) is 0 Å². The molecule has 1 atom stereocenters. The predicted molar refractivity (Wildman–Crippen MR) is 65.6 cm³/mol. The van der Waals surface area contributed by atoms with Gasteiger partial charge in [-0.3, -0.25) is 4.79 Å². The number of rotatable bonds is 1. The van der Waals surface area contributed by atoms with Crippen LogP contribution in [0.15, 0.2) is 36.0 Å². The van der Waals surface area contributed by atoms with Crippen LogP contribution in [0.1, 0.15) is 24.8 Å².